The third-order valence-corrected chi connectivity index (χ3v) is 3.09. The van der Waals surface area contributed by atoms with E-state index in [0.29, 0.717) is 17.5 Å². The summed E-state index contributed by atoms with van der Waals surface area (Å²) in [5.74, 6) is 0.598. The standard InChI is InChI=1S/C13H11ClN2O2/c14-13-8(5-6-17-13)9(15)7-12-16-10-3-1-2-4-11(10)18-12/h1-6,9H,7,15H2. The zero-order chi connectivity index (χ0) is 12.5. The Balaban J connectivity index is 1.86. The number of aromatic nitrogens is 1. The number of benzene rings is 1. The molecule has 0 aliphatic heterocycles. The second-order valence-electron chi connectivity index (χ2n) is 4.04. The van der Waals surface area contributed by atoms with Gasteiger partial charge in [0.25, 0.3) is 0 Å². The number of nitrogens with two attached hydrogens (primary N) is 1. The largest absolute Gasteiger partial charge is 0.453 e. The lowest BCUT2D eigenvalue weighted by Crippen LogP contribution is -2.13. The van der Waals surface area contributed by atoms with Crippen LogP contribution < -0.4 is 5.73 Å². The molecule has 1 atom stereocenters. The molecule has 0 radical (unpaired) electrons. The summed E-state index contributed by atoms with van der Waals surface area (Å²) in [6, 6.07) is 9.08. The van der Waals surface area contributed by atoms with Gasteiger partial charge < -0.3 is 14.6 Å². The van der Waals surface area contributed by atoms with Gasteiger partial charge in [0.2, 0.25) is 0 Å². The highest BCUT2D eigenvalue weighted by Crippen LogP contribution is 2.25. The predicted molar refractivity (Wildman–Crippen MR) is 68.4 cm³/mol. The number of hydrogen-bond donors (Lipinski definition) is 1. The molecule has 18 heavy (non-hydrogen) atoms. The van der Waals surface area contributed by atoms with Gasteiger partial charge in [0, 0.05) is 18.0 Å². The van der Waals surface area contributed by atoms with Crippen LogP contribution in [-0.2, 0) is 6.42 Å². The molecule has 92 valence electrons. The number of oxazole rings is 1. The summed E-state index contributed by atoms with van der Waals surface area (Å²) in [6.07, 6.45) is 2.00. The van der Waals surface area contributed by atoms with Crippen LogP contribution in [0.3, 0.4) is 0 Å². The van der Waals surface area contributed by atoms with E-state index < -0.39 is 0 Å². The molecule has 2 heterocycles. The Morgan fingerprint density at radius 2 is 2.11 bits per heavy atom. The Bertz CT molecular complexity index is 641. The Labute approximate surface area is 108 Å². The summed E-state index contributed by atoms with van der Waals surface area (Å²) in [7, 11) is 0. The van der Waals surface area contributed by atoms with E-state index in [-0.39, 0.29) is 6.04 Å². The fraction of sp³-hybridized carbons (Fsp3) is 0.154. The smallest absolute Gasteiger partial charge is 0.197 e. The highest BCUT2D eigenvalue weighted by molar-refractivity contribution is 6.29. The monoisotopic (exact) mass is 262 g/mol. The molecule has 0 spiro atoms. The highest BCUT2D eigenvalue weighted by atomic mass is 35.5. The first kappa shape index (κ1) is 11.3. The van der Waals surface area contributed by atoms with E-state index in [0.717, 1.165) is 16.7 Å². The van der Waals surface area contributed by atoms with Gasteiger partial charge in [-0.15, -0.1) is 0 Å². The summed E-state index contributed by atoms with van der Waals surface area (Å²) in [5, 5.41) is 0.318. The molecule has 2 aromatic heterocycles. The first-order chi connectivity index (χ1) is 8.74. The lowest BCUT2D eigenvalue weighted by atomic mass is 10.1. The van der Waals surface area contributed by atoms with Gasteiger partial charge in [0.1, 0.15) is 5.52 Å². The quantitative estimate of drug-likeness (QED) is 0.786. The van der Waals surface area contributed by atoms with Crippen molar-refractivity contribution in [1.82, 2.24) is 4.98 Å². The molecule has 0 saturated carbocycles. The van der Waals surface area contributed by atoms with E-state index in [2.05, 4.69) is 4.98 Å². The molecule has 0 amide bonds. The molecule has 3 aromatic rings. The Kier molecular flexibility index (Phi) is 2.81. The first-order valence-corrected chi connectivity index (χ1v) is 5.95. The van der Waals surface area contributed by atoms with E-state index in [4.69, 9.17) is 26.2 Å². The van der Waals surface area contributed by atoms with Crippen molar-refractivity contribution in [3.8, 4) is 0 Å². The minimum atomic E-state index is -0.288. The van der Waals surface area contributed by atoms with Gasteiger partial charge in [0.05, 0.1) is 6.26 Å². The molecule has 0 saturated heterocycles. The van der Waals surface area contributed by atoms with Crippen molar-refractivity contribution in [2.24, 2.45) is 5.73 Å². The van der Waals surface area contributed by atoms with Gasteiger partial charge in [-0.05, 0) is 29.8 Å². The second-order valence-corrected chi connectivity index (χ2v) is 4.38. The Hall–Kier alpha value is -1.78. The van der Waals surface area contributed by atoms with Crippen molar-refractivity contribution in [3.05, 3.63) is 53.3 Å². The van der Waals surface area contributed by atoms with Gasteiger partial charge in [-0.25, -0.2) is 4.98 Å². The van der Waals surface area contributed by atoms with Crippen molar-refractivity contribution >= 4 is 22.7 Å². The molecule has 5 heteroatoms. The summed E-state index contributed by atoms with van der Waals surface area (Å²) < 4.78 is 10.6. The van der Waals surface area contributed by atoms with Crippen LogP contribution in [0.1, 0.15) is 17.5 Å². The van der Waals surface area contributed by atoms with E-state index >= 15 is 0 Å². The summed E-state index contributed by atoms with van der Waals surface area (Å²) in [4.78, 5) is 4.37. The number of halogens is 1. The molecule has 0 aliphatic rings. The molecule has 1 unspecified atom stereocenters. The average molecular weight is 263 g/mol. The molecule has 4 nitrogen and oxygen atoms in total. The van der Waals surface area contributed by atoms with Crippen molar-refractivity contribution in [1.29, 1.82) is 0 Å². The normalized spacial score (nSPS) is 13.0. The summed E-state index contributed by atoms with van der Waals surface area (Å²) in [6.45, 7) is 0. The van der Waals surface area contributed by atoms with E-state index in [1.54, 1.807) is 6.07 Å². The zero-order valence-corrected chi connectivity index (χ0v) is 10.2. The number of rotatable bonds is 3. The molecule has 2 N–H and O–H groups in total. The maximum absolute atomic E-state index is 6.05. The van der Waals surface area contributed by atoms with Crippen LogP contribution in [-0.4, -0.2) is 4.98 Å². The van der Waals surface area contributed by atoms with Crippen LogP contribution in [0, 0.1) is 0 Å². The summed E-state index contributed by atoms with van der Waals surface area (Å²) in [5.41, 5.74) is 8.41. The van der Waals surface area contributed by atoms with E-state index in [1.807, 2.05) is 24.3 Å². The number of hydrogen-bond acceptors (Lipinski definition) is 4. The van der Waals surface area contributed by atoms with Crippen LogP contribution in [0.4, 0.5) is 0 Å². The Morgan fingerprint density at radius 1 is 1.28 bits per heavy atom. The van der Waals surface area contributed by atoms with E-state index in [9.17, 15) is 0 Å². The molecular weight excluding hydrogens is 252 g/mol. The molecular formula is C13H11ClN2O2. The SMILES string of the molecule is NC(Cc1nc2ccccc2o1)c1ccoc1Cl. The van der Waals surface area contributed by atoms with Crippen molar-refractivity contribution < 1.29 is 8.83 Å². The average Bonchev–Trinajstić information content (AvgIpc) is 2.94. The van der Waals surface area contributed by atoms with Crippen LogP contribution in [0.2, 0.25) is 5.22 Å². The van der Waals surface area contributed by atoms with Crippen LogP contribution in [0.15, 0.2) is 45.4 Å². The number of fused-ring (bicyclic) bond motifs is 1. The lowest BCUT2D eigenvalue weighted by molar-refractivity contribution is 0.499. The van der Waals surface area contributed by atoms with Crippen LogP contribution in [0.5, 0.6) is 0 Å². The lowest BCUT2D eigenvalue weighted by Gasteiger charge is -2.06. The van der Waals surface area contributed by atoms with Gasteiger partial charge in [-0.2, -0.15) is 0 Å². The first-order valence-electron chi connectivity index (χ1n) is 5.57. The molecule has 1 aromatic carbocycles. The summed E-state index contributed by atoms with van der Waals surface area (Å²) >= 11 is 5.88. The Morgan fingerprint density at radius 3 is 2.83 bits per heavy atom. The number of furan rings is 1. The fourth-order valence-electron chi connectivity index (χ4n) is 1.88. The topological polar surface area (TPSA) is 65.2 Å². The second kappa shape index (κ2) is 4.48. The maximum atomic E-state index is 6.05. The predicted octanol–water partition coefficient (Wildman–Crippen LogP) is 3.32. The van der Waals surface area contributed by atoms with Crippen molar-refractivity contribution in [3.63, 3.8) is 0 Å². The van der Waals surface area contributed by atoms with Crippen molar-refractivity contribution in [2.45, 2.75) is 12.5 Å². The van der Waals surface area contributed by atoms with Gasteiger partial charge in [-0.3, -0.25) is 0 Å². The maximum Gasteiger partial charge on any atom is 0.197 e. The van der Waals surface area contributed by atoms with Crippen LogP contribution in [0.25, 0.3) is 11.1 Å². The number of nitrogens with zero attached hydrogens (tertiary/aromatic N) is 1. The van der Waals surface area contributed by atoms with Crippen molar-refractivity contribution in [2.75, 3.05) is 0 Å². The van der Waals surface area contributed by atoms with Crippen LogP contribution >= 0.6 is 11.6 Å². The van der Waals surface area contributed by atoms with Gasteiger partial charge >= 0.3 is 0 Å². The molecule has 0 aliphatic carbocycles. The third-order valence-electron chi connectivity index (χ3n) is 2.78. The highest BCUT2D eigenvalue weighted by Gasteiger charge is 2.16. The third kappa shape index (κ3) is 2.00. The van der Waals surface area contributed by atoms with Gasteiger partial charge in [0.15, 0.2) is 16.7 Å². The molecule has 0 fully saturated rings. The zero-order valence-electron chi connectivity index (χ0n) is 9.47. The molecule has 0 bridgehead atoms. The fourth-order valence-corrected chi connectivity index (χ4v) is 2.13. The van der Waals surface area contributed by atoms with E-state index in [1.165, 1.54) is 6.26 Å². The minimum absolute atomic E-state index is 0.288. The van der Waals surface area contributed by atoms with Gasteiger partial charge in [-0.1, -0.05) is 12.1 Å². The minimum Gasteiger partial charge on any atom is -0.453 e. The molecule has 3 rings (SSSR count). The number of para-hydroxylation sites is 2.